The third-order valence-corrected chi connectivity index (χ3v) is 5.60. The van der Waals surface area contributed by atoms with Gasteiger partial charge in [0.25, 0.3) is 0 Å². The lowest BCUT2D eigenvalue weighted by Gasteiger charge is -2.31. The van der Waals surface area contributed by atoms with Crippen LogP contribution in [0.15, 0.2) is 30.6 Å². The summed E-state index contributed by atoms with van der Waals surface area (Å²) in [5.74, 6) is 1.93. The van der Waals surface area contributed by atoms with Gasteiger partial charge < -0.3 is 18.8 Å². The second kappa shape index (κ2) is 7.65. The standard InChI is InChI=1S/C17H23N3O5S/c1-23-15-6-4-5-14(16(15)24-2)17-18-7-8-19(17)11-13-12-20(9-10-25-13)26(3,21)22/h4-8,13H,9-12H2,1-3H3. The van der Waals surface area contributed by atoms with Gasteiger partial charge >= 0.3 is 0 Å². The van der Waals surface area contributed by atoms with Gasteiger partial charge in [-0.15, -0.1) is 0 Å². The van der Waals surface area contributed by atoms with Crippen LogP contribution in [0.3, 0.4) is 0 Å². The van der Waals surface area contributed by atoms with Crippen LogP contribution in [0.5, 0.6) is 11.5 Å². The highest BCUT2D eigenvalue weighted by Gasteiger charge is 2.27. The molecule has 0 N–H and O–H groups in total. The smallest absolute Gasteiger partial charge is 0.211 e. The summed E-state index contributed by atoms with van der Waals surface area (Å²) in [5.41, 5.74) is 0.799. The van der Waals surface area contributed by atoms with Gasteiger partial charge in [-0.3, -0.25) is 0 Å². The molecule has 1 aliphatic heterocycles. The molecular formula is C17H23N3O5S. The Labute approximate surface area is 153 Å². The normalized spacial score (nSPS) is 18.7. The molecule has 1 atom stereocenters. The average molecular weight is 381 g/mol. The predicted molar refractivity (Wildman–Crippen MR) is 96.9 cm³/mol. The number of benzene rings is 1. The third-order valence-electron chi connectivity index (χ3n) is 4.33. The molecule has 0 aliphatic carbocycles. The number of hydrogen-bond donors (Lipinski definition) is 0. The summed E-state index contributed by atoms with van der Waals surface area (Å²) >= 11 is 0. The van der Waals surface area contributed by atoms with Crippen molar-refractivity contribution in [2.45, 2.75) is 12.6 Å². The minimum absolute atomic E-state index is 0.247. The Kier molecular flexibility index (Phi) is 5.49. The lowest BCUT2D eigenvalue weighted by Crippen LogP contribution is -2.46. The van der Waals surface area contributed by atoms with Crippen molar-refractivity contribution in [2.75, 3.05) is 40.2 Å². The maximum absolute atomic E-state index is 11.8. The molecule has 0 spiro atoms. The number of imidazole rings is 1. The van der Waals surface area contributed by atoms with Crippen molar-refractivity contribution in [1.29, 1.82) is 0 Å². The fourth-order valence-electron chi connectivity index (χ4n) is 3.09. The summed E-state index contributed by atoms with van der Waals surface area (Å²) in [6, 6.07) is 5.60. The van der Waals surface area contributed by atoms with E-state index in [9.17, 15) is 8.42 Å². The Balaban J connectivity index is 1.86. The van der Waals surface area contributed by atoms with Gasteiger partial charge in [-0.25, -0.2) is 13.4 Å². The highest BCUT2D eigenvalue weighted by atomic mass is 32.2. The van der Waals surface area contributed by atoms with E-state index in [-0.39, 0.29) is 6.10 Å². The van der Waals surface area contributed by atoms with Crippen LogP contribution in [-0.4, -0.2) is 68.5 Å². The van der Waals surface area contributed by atoms with Crippen molar-refractivity contribution < 1.29 is 22.6 Å². The largest absolute Gasteiger partial charge is 0.493 e. The maximum atomic E-state index is 11.8. The quantitative estimate of drug-likeness (QED) is 0.748. The van der Waals surface area contributed by atoms with Crippen molar-refractivity contribution >= 4 is 10.0 Å². The first kappa shape index (κ1) is 18.7. The van der Waals surface area contributed by atoms with Gasteiger partial charge in [0, 0.05) is 25.5 Å². The third kappa shape index (κ3) is 3.84. The van der Waals surface area contributed by atoms with Crippen molar-refractivity contribution in [3.8, 4) is 22.9 Å². The molecule has 1 aromatic carbocycles. The molecule has 1 aliphatic rings. The van der Waals surface area contributed by atoms with Gasteiger partial charge in [0.1, 0.15) is 5.82 Å². The van der Waals surface area contributed by atoms with Gasteiger partial charge in [0.2, 0.25) is 10.0 Å². The predicted octanol–water partition coefficient (Wildman–Crippen LogP) is 1.23. The van der Waals surface area contributed by atoms with Crippen LogP contribution in [0.1, 0.15) is 0 Å². The van der Waals surface area contributed by atoms with E-state index < -0.39 is 10.0 Å². The Morgan fingerprint density at radius 2 is 2.12 bits per heavy atom. The number of hydrogen-bond acceptors (Lipinski definition) is 6. The van der Waals surface area contributed by atoms with Crippen molar-refractivity contribution in [3.05, 3.63) is 30.6 Å². The molecule has 142 valence electrons. The number of aromatic nitrogens is 2. The molecule has 1 saturated heterocycles. The molecule has 1 fully saturated rings. The maximum Gasteiger partial charge on any atom is 0.211 e. The molecule has 0 saturated carbocycles. The first-order valence-corrected chi connectivity index (χ1v) is 10.1. The van der Waals surface area contributed by atoms with Crippen LogP contribution < -0.4 is 9.47 Å². The number of nitrogens with zero attached hydrogens (tertiary/aromatic N) is 3. The van der Waals surface area contributed by atoms with E-state index in [1.165, 1.54) is 10.6 Å². The van der Waals surface area contributed by atoms with Gasteiger partial charge in [0.05, 0.1) is 45.3 Å². The molecule has 1 aromatic heterocycles. The number of morpholine rings is 1. The van der Waals surface area contributed by atoms with E-state index in [2.05, 4.69) is 4.98 Å². The van der Waals surface area contributed by atoms with Gasteiger partial charge in [-0.1, -0.05) is 6.07 Å². The number of rotatable bonds is 6. The second-order valence-corrected chi connectivity index (χ2v) is 8.04. The molecule has 2 aromatic rings. The van der Waals surface area contributed by atoms with Crippen molar-refractivity contribution in [3.63, 3.8) is 0 Å². The van der Waals surface area contributed by atoms with E-state index in [1.807, 2.05) is 29.0 Å². The van der Waals surface area contributed by atoms with Crippen LogP contribution in [0, 0.1) is 0 Å². The lowest BCUT2D eigenvalue weighted by molar-refractivity contribution is -0.00979. The fraction of sp³-hybridized carbons (Fsp3) is 0.471. The number of methoxy groups -OCH3 is 2. The first-order chi connectivity index (χ1) is 12.4. The van der Waals surface area contributed by atoms with Crippen LogP contribution in [0.4, 0.5) is 0 Å². The minimum Gasteiger partial charge on any atom is -0.493 e. The monoisotopic (exact) mass is 381 g/mol. The molecule has 26 heavy (non-hydrogen) atoms. The zero-order chi connectivity index (χ0) is 18.7. The highest BCUT2D eigenvalue weighted by Crippen LogP contribution is 2.37. The van der Waals surface area contributed by atoms with Crippen LogP contribution in [0.25, 0.3) is 11.4 Å². The zero-order valence-corrected chi connectivity index (χ0v) is 15.9. The summed E-state index contributed by atoms with van der Waals surface area (Å²) in [5, 5.41) is 0. The lowest BCUT2D eigenvalue weighted by atomic mass is 10.1. The second-order valence-electron chi connectivity index (χ2n) is 6.06. The molecule has 9 heteroatoms. The zero-order valence-electron chi connectivity index (χ0n) is 15.1. The minimum atomic E-state index is -3.23. The first-order valence-electron chi connectivity index (χ1n) is 8.23. The number of sulfonamides is 1. The summed E-state index contributed by atoms with van der Waals surface area (Å²) in [4.78, 5) is 4.44. The van der Waals surface area contributed by atoms with Gasteiger partial charge in [0.15, 0.2) is 11.5 Å². The van der Waals surface area contributed by atoms with E-state index in [4.69, 9.17) is 14.2 Å². The molecular weight excluding hydrogens is 358 g/mol. The topological polar surface area (TPSA) is 82.9 Å². The number of ether oxygens (including phenoxy) is 3. The summed E-state index contributed by atoms with van der Waals surface area (Å²) in [7, 11) is -0.0545. The van der Waals surface area contributed by atoms with E-state index in [0.717, 1.165) is 5.56 Å². The van der Waals surface area contributed by atoms with Gasteiger partial charge in [-0.2, -0.15) is 4.31 Å². The van der Waals surface area contributed by atoms with Crippen LogP contribution in [0.2, 0.25) is 0 Å². The molecule has 3 rings (SSSR count). The Morgan fingerprint density at radius 1 is 1.31 bits per heavy atom. The summed E-state index contributed by atoms with van der Waals surface area (Å²) < 4.78 is 43.6. The van der Waals surface area contributed by atoms with E-state index in [1.54, 1.807) is 20.4 Å². The van der Waals surface area contributed by atoms with Crippen LogP contribution >= 0.6 is 0 Å². The Hall–Kier alpha value is -2.10. The van der Waals surface area contributed by atoms with Gasteiger partial charge in [-0.05, 0) is 12.1 Å². The Bertz CT molecular complexity index is 865. The van der Waals surface area contributed by atoms with Crippen LogP contribution in [-0.2, 0) is 21.3 Å². The summed E-state index contributed by atoms with van der Waals surface area (Å²) in [6.07, 6.45) is 4.52. The summed E-state index contributed by atoms with van der Waals surface area (Å²) in [6.45, 7) is 1.58. The highest BCUT2D eigenvalue weighted by molar-refractivity contribution is 7.88. The molecule has 0 amide bonds. The SMILES string of the molecule is COc1cccc(-c2nccn2CC2CN(S(C)(=O)=O)CCO2)c1OC. The Morgan fingerprint density at radius 3 is 2.81 bits per heavy atom. The van der Waals surface area contributed by atoms with E-state index in [0.29, 0.717) is 43.6 Å². The van der Waals surface area contributed by atoms with E-state index >= 15 is 0 Å². The fourth-order valence-corrected chi connectivity index (χ4v) is 3.93. The molecule has 2 heterocycles. The van der Waals surface area contributed by atoms with Crippen molar-refractivity contribution in [1.82, 2.24) is 13.9 Å². The average Bonchev–Trinajstić information content (AvgIpc) is 3.08. The molecule has 0 bridgehead atoms. The van der Waals surface area contributed by atoms with Crippen molar-refractivity contribution in [2.24, 2.45) is 0 Å². The number of para-hydroxylation sites is 1. The molecule has 8 nitrogen and oxygen atoms in total. The molecule has 0 radical (unpaired) electrons. The molecule has 1 unspecified atom stereocenters.